The van der Waals surface area contributed by atoms with E-state index in [0.29, 0.717) is 21.6 Å². The van der Waals surface area contributed by atoms with E-state index < -0.39 is 0 Å². The van der Waals surface area contributed by atoms with Crippen LogP contribution in [0, 0.1) is 5.92 Å². The van der Waals surface area contributed by atoms with Gasteiger partial charge < -0.3 is 4.42 Å². The van der Waals surface area contributed by atoms with Gasteiger partial charge in [0.05, 0.1) is 11.2 Å². The summed E-state index contributed by atoms with van der Waals surface area (Å²) in [5.74, 6) is 1.31. The Labute approximate surface area is 166 Å². The highest BCUT2D eigenvalue weighted by atomic mass is 35.5. The van der Waals surface area contributed by atoms with Crippen molar-refractivity contribution in [2.45, 2.75) is 12.3 Å². The van der Waals surface area contributed by atoms with E-state index in [1.807, 2.05) is 30.3 Å². The van der Waals surface area contributed by atoms with Crippen molar-refractivity contribution in [3.63, 3.8) is 0 Å². The zero-order chi connectivity index (χ0) is 18.8. The van der Waals surface area contributed by atoms with Gasteiger partial charge in [-0.15, -0.1) is 0 Å². The SMILES string of the molecule is O=C(N/N=C\c1ccc(-c2ccc(Cl)cc2Cl)o1)[C@H]1C[C@@H]1c1ccccc1. The minimum absolute atomic E-state index is 0.0235. The number of hydrogen-bond donors (Lipinski definition) is 1. The second-order valence-corrected chi connectivity index (χ2v) is 7.26. The highest BCUT2D eigenvalue weighted by Crippen LogP contribution is 2.47. The molecule has 1 N–H and O–H groups in total. The maximum Gasteiger partial charge on any atom is 0.243 e. The van der Waals surface area contributed by atoms with E-state index >= 15 is 0 Å². The summed E-state index contributed by atoms with van der Waals surface area (Å²) in [6.07, 6.45) is 2.33. The van der Waals surface area contributed by atoms with Crippen molar-refractivity contribution in [1.29, 1.82) is 0 Å². The topological polar surface area (TPSA) is 54.6 Å². The first-order chi connectivity index (χ1) is 13.1. The van der Waals surface area contributed by atoms with Crippen LogP contribution < -0.4 is 5.43 Å². The summed E-state index contributed by atoms with van der Waals surface area (Å²) in [6.45, 7) is 0. The Hall–Kier alpha value is -2.56. The number of halogens is 2. The number of hydrogen-bond acceptors (Lipinski definition) is 3. The Bertz CT molecular complexity index is 998. The molecule has 1 aliphatic carbocycles. The molecule has 0 radical (unpaired) electrons. The van der Waals surface area contributed by atoms with Gasteiger partial charge in [0, 0.05) is 16.5 Å². The maximum atomic E-state index is 12.2. The fourth-order valence-corrected chi connectivity index (χ4v) is 3.55. The fraction of sp³-hybridized carbons (Fsp3) is 0.143. The number of carbonyl (C=O) groups excluding carboxylic acids is 1. The molecule has 3 aromatic rings. The van der Waals surface area contributed by atoms with E-state index in [4.69, 9.17) is 27.6 Å². The van der Waals surface area contributed by atoms with Gasteiger partial charge >= 0.3 is 0 Å². The van der Waals surface area contributed by atoms with Crippen molar-refractivity contribution in [3.05, 3.63) is 82.0 Å². The average Bonchev–Trinajstić information content (AvgIpc) is 3.34. The zero-order valence-electron chi connectivity index (χ0n) is 14.2. The van der Waals surface area contributed by atoms with Crippen LogP contribution in [0.3, 0.4) is 0 Å². The smallest absolute Gasteiger partial charge is 0.243 e. The molecule has 0 spiro atoms. The summed E-state index contributed by atoms with van der Waals surface area (Å²) in [6, 6.07) is 18.8. The van der Waals surface area contributed by atoms with Crippen molar-refractivity contribution < 1.29 is 9.21 Å². The average molecular weight is 399 g/mol. The van der Waals surface area contributed by atoms with Crippen LogP contribution in [0.2, 0.25) is 10.0 Å². The van der Waals surface area contributed by atoms with Crippen molar-refractivity contribution in [2.75, 3.05) is 0 Å². The summed E-state index contributed by atoms with van der Waals surface area (Å²) >= 11 is 12.1. The zero-order valence-corrected chi connectivity index (χ0v) is 15.7. The van der Waals surface area contributed by atoms with Crippen LogP contribution in [0.15, 0.2) is 70.2 Å². The Morgan fingerprint density at radius 3 is 2.70 bits per heavy atom. The van der Waals surface area contributed by atoms with E-state index in [1.54, 1.807) is 30.3 Å². The molecule has 4 rings (SSSR count). The molecule has 2 aromatic carbocycles. The fourth-order valence-electron chi connectivity index (χ4n) is 3.05. The van der Waals surface area contributed by atoms with Gasteiger partial charge in [0.2, 0.25) is 5.91 Å². The lowest BCUT2D eigenvalue weighted by molar-refractivity contribution is -0.122. The molecular formula is C21H16Cl2N2O2. The highest BCUT2D eigenvalue weighted by Gasteiger charge is 2.43. The molecule has 0 bridgehead atoms. The number of rotatable bonds is 5. The third-order valence-corrected chi connectivity index (χ3v) is 5.09. The molecule has 136 valence electrons. The third kappa shape index (κ3) is 4.07. The van der Waals surface area contributed by atoms with E-state index in [0.717, 1.165) is 12.0 Å². The van der Waals surface area contributed by atoms with E-state index in [1.165, 1.54) is 11.8 Å². The minimum Gasteiger partial charge on any atom is -0.455 e. The van der Waals surface area contributed by atoms with Crippen LogP contribution in [0.1, 0.15) is 23.7 Å². The van der Waals surface area contributed by atoms with Crippen LogP contribution in [-0.4, -0.2) is 12.1 Å². The molecule has 1 amide bonds. The molecule has 1 heterocycles. The number of benzene rings is 2. The van der Waals surface area contributed by atoms with Gasteiger partial charge in [-0.2, -0.15) is 5.10 Å². The lowest BCUT2D eigenvalue weighted by Crippen LogP contribution is -2.20. The second-order valence-electron chi connectivity index (χ2n) is 6.42. The number of amides is 1. The van der Waals surface area contributed by atoms with E-state index in [9.17, 15) is 4.79 Å². The Balaban J connectivity index is 1.36. The summed E-state index contributed by atoms with van der Waals surface area (Å²) < 4.78 is 5.71. The molecule has 1 fully saturated rings. The summed E-state index contributed by atoms with van der Waals surface area (Å²) in [5.41, 5.74) is 4.52. The quantitative estimate of drug-likeness (QED) is 0.455. The molecule has 4 nitrogen and oxygen atoms in total. The second kappa shape index (κ2) is 7.59. The van der Waals surface area contributed by atoms with Crippen molar-refractivity contribution in [3.8, 4) is 11.3 Å². The summed E-state index contributed by atoms with van der Waals surface area (Å²) in [7, 11) is 0. The Kier molecular flexibility index (Phi) is 5.01. The van der Waals surface area contributed by atoms with Crippen molar-refractivity contribution in [1.82, 2.24) is 5.43 Å². The highest BCUT2D eigenvalue weighted by molar-refractivity contribution is 6.36. The van der Waals surface area contributed by atoms with E-state index in [2.05, 4.69) is 10.5 Å². The molecule has 2 atom stereocenters. The van der Waals surface area contributed by atoms with Gasteiger partial charge in [-0.3, -0.25) is 4.79 Å². The van der Waals surface area contributed by atoms with Crippen molar-refractivity contribution >= 4 is 35.3 Å². The standard InChI is InChI=1S/C21H16Cl2N2O2/c22-14-6-8-16(19(23)10-14)20-9-7-15(27-20)12-24-25-21(26)18-11-17(18)13-4-2-1-3-5-13/h1-10,12,17-18H,11H2,(H,25,26)/b24-12-/t17-,18+/m1/s1. The number of nitrogens with one attached hydrogen (secondary N) is 1. The molecule has 0 aliphatic heterocycles. The summed E-state index contributed by atoms with van der Waals surface area (Å²) in [5, 5.41) is 5.07. The van der Waals surface area contributed by atoms with Crippen LogP contribution in [0.25, 0.3) is 11.3 Å². The molecule has 6 heteroatoms. The first-order valence-corrected chi connectivity index (χ1v) is 9.30. The molecule has 0 unspecified atom stereocenters. The van der Waals surface area contributed by atoms with Crippen molar-refractivity contribution in [2.24, 2.45) is 11.0 Å². The Morgan fingerprint density at radius 2 is 1.93 bits per heavy atom. The number of nitrogens with zero attached hydrogens (tertiary/aromatic N) is 1. The predicted octanol–water partition coefficient (Wildman–Crippen LogP) is 5.51. The molecule has 1 aromatic heterocycles. The maximum absolute atomic E-state index is 12.2. The molecule has 0 saturated heterocycles. The van der Waals surface area contributed by atoms with Crippen LogP contribution in [0.4, 0.5) is 0 Å². The van der Waals surface area contributed by atoms with Gasteiger partial charge in [0.1, 0.15) is 11.5 Å². The number of furan rings is 1. The minimum atomic E-state index is -0.0763. The lowest BCUT2D eigenvalue weighted by Gasteiger charge is -2.01. The number of hydrazone groups is 1. The van der Waals surface area contributed by atoms with Gasteiger partial charge in [0.15, 0.2) is 0 Å². The van der Waals surface area contributed by atoms with E-state index in [-0.39, 0.29) is 17.7 Å². The molecular weight excluding hydrogens is 383 g/mol. The van der Waals surface area contributed by atoms with Crippen LogP contribution in [0.5, 0.6) is 0 Å². The molecule has 27 heavy (non-hydrogen) atoms. The largest absolute Gasteiger partial charge is 0.455 e. The number of carbonyl (C=O) groups is 1. The van der Waals surface area contributed by atoms with Gasteiger partial charge in [0.25, 0.3) is 0 Å². The third-order valence-electron chi connectivity index (χ3n) is 4.54. The van der Waals surface area contributed by atoms with Gasteiger partial charge in [-0.05, 0) is 48.2 Å². The van der Waals surface area contributed by atoms with Gasteiger partial charge in [-0.1, -0.05) is 53.5 Å². The Morgan fingerprint density at radius 1 is 1.11 bits per heavy atom. The molecule has 1 saturated carbocycles. The first-order valence-electron chi connectivity index (χ1n) is 8.55. The van der Waals surface area contributed by atoms with Crippen LogP contribution >= 0.6 is 23.2 Å². The first kappa shape index (κ1) is 17.8. The normalized spacial score (nSPS) is 18.6. The summed E-state index contributed by atoms with van der Waals surface area (Å²) in [4.78, 5) is 12.2. The molecule has 1 aliphatic rings. The van der Waals surface area contributed by atoms with Gasteiger partial charge in [-0.25, -0.2) is 5.43 Å². The predicted molar refractivity (Wildman–Crippen MR) is 107 cm³/mol. The van der Waals surface area contributed by atoms with Crippen LogP contribution in [-0.2, 0) is 4.79 Å². The lowest BCUT2D eigenvalue weighted by atomic mass is 10.1. The monoisotopic (exact) mass is 398 g/mol.